The molecule has 7 nitrogen and oxygen atoms in total. The van der Waals surface area contributed by atoms with Gasteiger partial charge in [-0.2, -0.15) is 0 Å². The molecule has 0 radical (unpaired) electrons. The molecule has 1 aliphatic heterocycles. The van der Waals surface area contributed by atoms with Gasteiger partial charge in [-0.15, -0.1) is 11.3 Å². The zero-order valence-corrected chi connectivity index (χ0v) is 14.9. The van der Waals surface area contributed by atoms with Crippen LogP contribution in [0.5, 0.6) is 5.88 Å². The van der Waals surface area contributed by atoms with Gasteiger partial charge in [0.1, 0.15) is 0 Å². The predicted molar refractivity (Wildman–Crippen MR) is 92.4 cm³/mol. The quantitative estimate of drug-likeness (QED) is 0.912. The van der Waals surface area contributed by atoms with E-state index in [1.54, 1.807) is 13.3 Å². The Balaban J connectivity index is 1.70. The second kappa shape index (κ2) is 7.23. The minimum Gasteiger partial charge on any atom is -0.480 e. The fraction of sp³-hybridized carbons (Fsp3) is 0.500. The van der Waals surface area contributed by atoms with Crippen molar-refractivity contribution < 1.29 is 9.53 Å². The maximum Gasteiger partial charge on any atom is 0.232 e. The summed E-state index contributed by atoms with van der Waals surface area (Å²) in [6.07, 6.45) is 5.24. The van der Waals surface area contributed by atoms with Crippen LogP contribution in [0.1, 0.15) is 36.2 Å². The van der Waals surface area contributed by atoms with Crippen LogP contribution in [0.2, 0.25) is 0 Å². The lowest BCUT2D eigenvalue weighted by Crippen LogP contribution is -2.29. The van der Waals surface area contributed by atoms with Crippen LogP contribution in [0.4, 0.5) is 5.13 Å². The van der Waals surface area contributed by atoms with Gasteiger partial charge in [-0.25, -0.2) is 9.97 Å². The molecule has 24 heavy (non-hydrogen) atoms. The summed E-state index contributed by atoms with van der Waals surface area (Å²) in [7, 11) is 1.61. The molecule has 3 heterocycles. The Labute approximate surface area is 145 Å². The Kier molecular flexibility index (Phi) is 5.06. The average molecular weight is 347 g/mol. The number of aromatic nitrogens is 3. The first kappa shape index (κ1) is 16.8. The molecule has 0 fully saturated rings. The molecule has 1 atom stereocenters. The van der Waals surface area contributed by atoms with Gasteiger partial charge in [-0.1, -0.05) is 0 Å². The van der Waals surface area contributed by atoms with Crippen LogP contribution in [-0.2, 0) is 17.6 Å². The van der Waals surface area contributed by atoms with Crippen molar-refractivity contribution >= 4 is 22.4 Å². The molecule has 0 saturated heterocycles. The van der Waals surface area contributed by atoms with Crippen molar-refractivity contribution in [1.82, 2.24) is 19.9 Å². The van der Waals surface area contributed by atoms with Gasteiger partial charge in [0, 0.05) is 50.0 Å². The van der Waals surface area contributed by atoms with E-state index in [2.05, 4.69) is 32.1 Å². The fourth-order valence-electron chi connectivity index (χ4n) is 2.81. The van der Waals surface area contributed by atoms with Gasteiger partial charge in [-0.3, -0.25) is 14.7 Å². The fourth-order valence-corrected chi connectivity index (χ4v) is 3.76. The van der Waals surface area contributed by atoms with Crippen LogP contribution in [-0.4, -0.2) is 46.0 Å². The van der Waals surface area contributed by atoms with Crippen LogP contribution in [0.3, 0.4) is 0 Å². The highest BCUT2D eigenvalue weighted by Crippen LogP contribution is 2.29. The molecular formula is C16H21N5O2S. The van der Waals surface area contributed by atoms with Crippen molar-refractivity contribution in [3.05, 3.63) is 28.7 Å². The van der Waals surface area contributed by atoms with E-state index >= 15 is 0 Å². The summed E-state index contributed by atoms with van der Waals surface area (Å²) in [5, 5.41) is 3.39. The highest BCUT2D eigenvalue weighted by atomic mass is 32.1. The van der Waals surface area contributed by atoms with Gasteiger partial charge in [-0.05, 0) is 6.92 Å². The Morgan fingerprint density at radius 2 is 2.04 bits per heavy atom. The molecule has 1 N–H and O–H groups in total. The topological polar surface area (TPSA) is 80.2 Å². The number of thiazole rings is 1. The van der Waals surface area contributed by atoms with E-state index in [0.29, 0.717) is 11.0 Å². The molecule has 0 aromatic carbocycles. The molecule has 1 amide bonds. The maximum absolute atomic E-state index is 11.1. The number of anilines is 1. The predicted octanol–water partition coefficient (Wildman–Crippen LogP) is 2.06. The smallest absolute Gasteiger partial charge is 0.232 e. The minimum atomic E-state index is -0.0973. The number of carbonyl (C=O) groups is 1. The largest absolute Gasteiger partial charge is 0.480 e. The lowest BCUT2D eigenvalue weighted by atomic mass is 10.2. The lowest BCUT2D eigenvalue weighted by Gasteiger charge is -2.26. The van der Waals surface area contributed by atoms with Crippen molar-refractivity contribution in [2.75, 3.05) is 25.5 Å². The maximum atomic E-state index is 11.1. The third kappa shape index (κ3) is 3.70. The van der Waals surface area contributed by atoms with Crippen LogP contribution in [0, 0.1) is 0 Å². The molecule has 1 unspecified atom stereocenters. The number of hydrogen-bond acceptors (Lipinski definition) is 7. The Morgan fingerprint density at radius 3 is 2.75 bits per heavy atom. The van der Waals surface area contributed by atoms with E-state index in [1.807, 2.05) is 6.20 Å². The zero-order valence-electron chi connectivity index (χ0n) is 14.1. The van der Waals surface area contributed by atoms with Gasteiger partial charge in [0.25, 0.3) is 0 Å². The standard InChI is InChI=1S/C16H21N5O2S/c1-10(14-8-18-16(24-14)19-11(2)22)21-6-4-12-13(5-7-21)20-15(23-3)9-17-12/h8-10H,4-7H2,1-3H3,(H,18,19,22). The number of rotatable bonds is 4. The molecule has 0 aliphatic carbocycles. The summed E-state index contributed by atoms with van der Waals surface area (Å²) in [5.74, 6) is 0.470. The number of nitrogens with one attached hydrogen (secondary N) is 1. The van der Waals surface area contributed by atoms with E-state index < -0.39 is 0 Å². The molecular weight excluding hydrogens is 326 g/mol. The van der Waals surface area contributed by atoms with Gasteiger partial charge < -0.3 is 10.1 Å². The van der Waals surface area contributed by atoms with E-state index in [0.717, 1.165) is 42.2 Å². The SMILES string of the molecule is COc1cnc2c(n1)CCN(C(C)c1cnc(NC(C)=O)s1)CC2. The van der Waals surface area contributed by atoms with Crippen molar-refractivity contribution in [3.8, 4) is 5.88 Å². The van der Waals surface area contributed by atoms with E-state index in [9.17, 15) is 4.79 Å². The molecule has 3 rings (SSSR count). The van der Waals surface area contributed by atoms with Crippen LogP contribution < -0.4 is 10.1 Å². The van der Waals surface area contributed by atoms with Crippen molar-refractivity contribution in [1.29, 1.82) is 0 Å². The number of amides is 1. The molecule has 1 aliphatic rings. The van der Waals surface area contributed by atoms with E-state index in [1.165, 1.54) is 18.3 Å². The minimum absolute atomic E-state index is 0.0973. The van der Waals surface area contributed by atoms with Crippen LogP contribution in [0.25, 0.3) is 0 Å². The molecule has 128 valence electrons. The lowest BCUT2D eigenvalue weighted by molar-refractivity contribution is -0.114. The highest BCUT2D eigenvalue weighted by molar-refractivity contribution is 7.15. The molecule has 2 aromatic rings. The van der Waals surface area contributed by atoms with Crippen molar-refractivity contribution in [3.63, 3.8) is 0 Å². The normalized spacial score (nSPS) is 16.1. The Bertz CT molecular complexity index is 733. The monoisotopic (exact) mass is 347 g/mol. The average Bonchev–Trinajstić information content (AvgIpc) is 2.91. The first-order valence-electron chi connectivity index (χ1n) is 7.93. The molecule has 0 bridgehead atoms. The van der Waals surface area contributed by atoms with Gasteiger partial charge >= 0.3 is 0 Å². The van der Waals surface area contributed by atoms with Crippen LogP contribution >= 0.6 is 11.3 Å². The summed E-state index contributed by atoms with van der Waals surface area (Å²) in [5.41, 5.74) is 2.07. The first-order chi connectivity index (χ1) is 11.6. The Morgan fingerprint density at radius 1 is 1.29 bits per heavy atom. The van der Waals surface area contributed by atoms with Crippen molar-refractivity contribution in [2.45, 2.75) is 32.7 Å². The zero-order chi connectivity index (χ0) is 17.1. The summed E-state index contributed by atoms with van der Waals surface area (Å²) < 4.78 is 5.17. The van der Waals surface area contributed by atoms with E-state index in [-0.39, 0.29) is 11.9 Å². The number of fused-ring (bicyclic) bond motifs is 1. The van der Waals surface area contributed by atoms with Gasteiger partial charge in [0.2, 0.25) is 11.8 Å². The van der Waals surface area contributed by atoms with Crippen molar-refractivity contribution in [2.24, 2.45) is 0 Å². The number of hydrogen-bond donors (Lipinski definition) is 1. The number of carbonyl (C=O) groups excluding carboxylic acids is 1. The molecule has 0 spiro atoms. The summed E-state index contributed by atoms with van der Waals surface area (Å²) in [4.78, 5) is 28.0. The number of methoxy groups -OCH3 is 1. The third-order valence-corrected chi connectivity index (χ3v) is 5.24. The van der Waals surface area contributed by atoms with Crippen LogP contribution in [0.15, 0.2) is 12.4 Å². The number of nitrogens with zero attached hydrogens (tertiary/aromatic N) is 4. The van der Waals surface area contributed by atoms with Gasteiger partial charge in [0.15, 0.2) is 5.13 Å². The summed E-state index contributed by atoms with van der Waals surface area (Å²) in [6.45, 7) is 5.49. The second-order valence-electron chi connectivity index (χ2n) is 5.77. The number of ether oxygens (including phenoxy) is 1. The highest BCUT2D eigenvalue weighted by Gasteiger charge is 2.23. The molecule has 2 aromatic heterocycles. The Hall–Kier alpha value is -2.06. The molecule has 0 saturated carbocycles. The first-order valence-corrected chi connectivity index (χ1v) is 8.74. The molecule has 8 heteroatoms. The van der Waals surface area contributed by atoms with Gasteiger partial charge in [0.05, 0.1) is 24.7 Å². The summed E-state index contributed by atoms with van der Waals surface area (Å²) in [6, 6.07) is 0.237. The third-order valence-electron chi connectivity index (χ3n) is 4.16. The summed E-state index contributed by atoms with van der Waals surface area (Å²) >= 11 is 1.52. The van der Waals surface area contributed by atoms with E-state index in [4.69, 9.17) is 4.74 Å². The second-order valence-corrected chi connectivity index (χ2v) is 6.83.